The maximum atomic E-state index is 12.7. The van der Waals surface area contributed by atoms with Crippen molar-refractivity contribution >= 4 is 5.91 Å². The highest BCUT2D eigenvalue weighted by Gasteiger charge is 2.44. The lowest BCUT2D eigenvalue weighted by molar-refractivity contribution is -0.302. The second kappa shape index (κ2) is 23.5. The summed E-state index contributed by atoms with van der Waals surface area (Å²) >= 11 is 0. The van der Waals surface area contributed by atoms with E-state index >= 15 is 0 Å². The largest absolute Gasteiger partial charge is 0.394 e. The highest BCUT2D eigenvalue weighted by molar-refractivity contribution is 5.76. The van der Waals surface area contributed by atoms with Gasteiger partial charge in [0.25, 0.3) is 0 Å². The van der Waals surface area contributed by atoms with Crippen LogP contribution in [0, 0.1) is 0 Å². The molecule has 7 atom stereocenters. The predicted molar refractivity (Wildman–Crippen MR) is 157 cm³/mol. The fourth-order valence-electron chi connectivity index (χ4n) is 4.92. The molecule has 7 unspecified atom stereocenters. The lowest BCUT2D eigenvalue weighted by Crippen LogP contribution is -2.60. The van der Waals surface area contributed by atoms with Crippen LogP contribution in [0.4, 0.5) is 0 Å². The molecule has 1 saturated heterocycles. The van der Waals surface area contributed by atoms with Gasteiger partial charge >= 0.3 is 0 Å². The molecule has 236 valence electrons. The van der Waals surface area contributed by atoms with E-state index in [1.807, 2.05) is 0 Å². The highest BCUT2D eigenvalue weighted by atomic mass is 16.7. The van der Waals surface area contributed by atoms with Gasteiger partial charge in [-0.3, -0.25) is 4.79 Å². The number of hydrogen-bond donors (Lipinski definition) is 6. The maximum Gasteiger partial charge on any atom is 0.220 e. The summed E-state index contributed by atoms with van der Waals surface area (Å²) in [6.45, 7) is 3.66. The first-order valence-corrected chi connectivity index (χ1v) is 15.9. The summed E-state index contributed by atoms with van der Waals surface area (Å²) in [5.74, 6) is -0.164. The summed E-state index contributed by atoms with van der Waals surface area (Å²) in [6, 6.07) is -0.713. The Balaban J connectivity index is 2.46. The summed E-state index contributed by atoms with van der Waals surface area (Å²) in [5.41, 5.74) is 0. The number of carbonyl (C=O) groups excluding carboxylic acids is 1. The van der Waals surface area contributed by atoms with Gasteiger partial charge in [-0.25, -0.2) is 0 Å². The van der Waals surface area contributed by atoms with Gasteiger partial charge in [0.05, 0.1) is 25.4 Å². The van der Waals surface area contributed by atoms with Gasteiger partial charge in [0.15, 0.2) is 6.29 Å². The molecule has 9 heteroatoms. The summed E-state index contributed by atoms with van der Waals surface area (Å²) < 4.78 is 11.1. The van der Waals surface area contributed by atoms with E-state index in [0.29, 0.717) is 12.8 Å². The zero-order valence-electron chi connectivity index (χ0n) is 25.1. The number of ether oxygens (including phenoxy) is 2. The van der Waals surface area contributed by atoms with Gasteiger partial charge in [0.2, 0.25) is 5.91 Å². The molecule has 6 N–H and O–H groups in total. The van der Waals surface area contributed by atoms with Crippen molar-refractivity contribution in [2.45, 2.75) is 166 Å². The van der Waals surface area contributed by atoms with Gasteiger partial charge in [-0.1, -0.05) is 90.2 Å². The lowest BCUT2D eigenvalue weighted by atomic mass is 9.99. The van der Waals surface area contributed by atoms with Crippen LogP contribution >= 0.6 is 0 Å². The van der Waals surface area contributed by atoms with Crippen LogP contribution in [0.25, 0.3) is 0 Å². The Morgan fingerprint density at radius 3 is 2.08 bits per heavy atom. The monoisotopic (exact) mass is 573 g/mol. The quantitative estimate of drug-likeness (QED) is 0.0753. The number of nitrogens with one attached hydrogen (secondary N) is 1. The molecule has 0 radical (unpaired) electrons. The average Bonchev–Trinajstić information content (AvgIpc) is 2.95. The van der Waals surface area contributed by atoms with Crippen LogP contribution in [0.15, 0.2) is 12.2 Å². The van der Waals surface area contributed by atoms with E-state index < -0.39 is 49.5 Å². The van der Waals surface area contributed by atoms with E-state index in [4.69, 9.17) is 9.47 Å². The second-order valence-corrected chi connectivity index (χ2v) is 11.2. The first kappa shape index (κ1) is 37.0. The minimum Gasteiger partial charge on any atom is -0.394 e. The van der Waals surface area contributed by atoms with Crippen LogP contribution in [0.3, 0.4) is 0 Å². The molecular formula is C31H59NO8. The summed E-state index contributed by atoms with van der Waals surface area (Å²) in [6.07, 6.45) is 14.1. The Morgan fingerprint density at radius 2 is 1.40 bits per heavy atom. The number of carbonyl (C=O) groups is 1. The van der Waals surface area contributed by atoms with Crippen LogP contribution in [0.2, 0.25) is 0 Å². The second-order valence-electron chi connectivity index (χ2n) is 11.2. The summed E-state index contributed by atoms with van der Waals surface area (Å²) in [4.78, 5) is 12.7. The Morgan fingerprint density at radius 1 is 0.825 bits per heavy atom. The van der Waals surface area contributed by atoms with E-state index in [1.165, 1.54) is 25.7 Å². The van der Waals surface area contributed by atoms with Crippen molar-refractivity contribution in [2.24, 2.45) is 0 Å². The third-order valence-electron chi connectivity index (χ3n) is 7.62. The van der Waals surface area contributed by atoms with Crippen molar-refractivity contribution in [3.05, 3.63) is 12.2 Å². The van der Waals surface area contributed by atoms with Crippen LogP contribution < -0.4 is 5.32 Å². The van der Waals surface area contributed by atoms with Crippen molar-refractivity contribution in [1.29, 1.82) is 0 Å². The molecule has 0 aromatic carbocycles. The van der Waals surface area contributed by atoms with E-state index in [1.54, 1.807) is 0 Å². The SMILES string of the molecule is CCCCC/C=C\CCCCCCCC(=O)NC(COC1OC(CO)C(O)C(O)C1O)C(O)CCCCCCC. The smallest absolute Gasteiger partial charge is 0.220 e. The molecule has 1 fully saturated rings. The molecule has 1 aliphatic rings. The Hall–Kier alpha value is -1.07. The van der Waals surface area contributed by atoms with Gasteiger partial charge in [0.1, 0.15) is 24.4 Å². The normalized spacial score (nSPS) is 24.8. The third kappa shape index (κ3) is 15.8. The molecule has 0 spiro atoms. The number of aliphatic hydroxyl groups excluding tert-OH is 5. The van der Waals surface area contributed by atoms with Crippen molar-refractivity contribution in [3.63, 3.8) is 0 Å². The Labute approximate surface area is 242 Å². The van der Waals surface area contributed by atoms with Gasteiger partial charge in [-0.05, 0) is 38.5 Å². The molecule has 0 bridgehead atoms. The maximum absolute atomic E-state index is 12.7. The van der Waals surface area contributed by atoms with Crippen LogP contribution in [0.5, 0.6) is 0 Å². The minimum absolute atomic E-state index is 0.142. The molecule has 0 saturated carbocycles. The van der Waals surface area contributed by atoms with Crippen LogP contribution in [0.1, 0.15) is 123 Å². The Bertz CT molecular complexity index is 647. The molecule has 0 aromatic heterocycles. The third-order valence-corrected chi connectivity index (χ3v) is 7.62. The van der Waals surface area contributed by atoms with Crippen molar-refractivity contribution in [1.82, 2.24) is 5.32 Å². The number of hydrogen-bond acceptors (Lipinski definition) is 8. The standard InChI is InChI=1S/C31H59NO8/c1-3-5-7-9-10-11-12-13-14-15-17-19-21-27(35)32-24(25(34)20-18-16-8-6-4-2)23-39-31-30(38)29(37)28(36)26(22-33)40-31/h10-11,24-26,28-31,33-34,36-38H,3-9,12-23H2,1-2H3,(H,32,35)/b11-10-. The van der Waals surface area contributed by atoms with Crippen molar-refractivity contribution in [3.8, 4) is 0 Å². The van der Waals surface area contributed by atoms with Crippen molar-refractivity contribution in [2.75, 3.05) is 13.2 Å². The minimum atomic E-state index is -1.55. The molecule has 1 heterocycles. The van der Waals surface area contributed by atoms with E-state index in [-0.39, 0.29) is 12.5 Å². The molecule has 0 aromatic rings. The fraction of sp³-hybridized carbons (Fsp3) is 0.903. The molecular weight excluding hydrogens is 514 g/mol. The first-order chi connectivity index (χ1) is 19.3. The molecule has 1 aliphatic heterocycles. The van der Waals surface area contributed by atoms with Gasteiger partial charge in [-0.2, -0.15) is 0 Å². The Kier molecular flexibility index (Phi) is 21.7. The number of unbranched alkanes of at least 4 members (excludes halogenated alkanes) is 12. The molecule has 0 aliphatic carbocycles. The van der Waals surface area contributed by atoms with Crippen molar-refractivity contribution < 1.29 is 39.8 Å². The van der Waals surface area contributed by atoms with Gasteiger partial charge in [0, 0.05) is 6.42 Å². The summed E-state index contributed by atoms with van der Waals surface area (Å²) in [7, 11) is 0. The van der Waals surface area contributed by atoms with Gasteiger partial charge in [-0.15, -0.1) is 0 Å². The topological polar surface area (TPSA) is 149 Å². The highest BCUT2D eigenvalue weighted by Crippen LogP contribution is 2.22. The van der Waals surface area contributed by atoms with E-state index in [2.05, 4.69) is 31.3 Å². The molecule has 1 rings (SSSR count). The zero-order chi connectivity index (χ0) is 29.6. The number of allylic oxidation sites excluding steroid dienone is 2. The fourth-order valence-corrected chi connectivity index (χ4v) is 4.92. The number of aliphatic hydroxyl groups is 5. The van der Waals surface area contributed by atoms with E-state index in [0.717, 1.165) is 70.6 Å². The zero-order valence-corrected chi connectivity index (χ0v) is 25.1. The molecule has 40 heavy (non-hydrogen) atoms. The lowest BCUT2D eigenvalue weighted by Gasteiger charge is -2.40. The number of rotatable bonds is 24. The molecule has 9 nitrogen and oxygen atoms in total. The number of amides is 1. The van der Waals surface area contributed by atoms with E-state index in [9.17, 15) is 30.3 Å². The van der Waals surface area contributed by atoms with Crippen LogP contribution in [-0.2, 0) is 14.3 Å². The first-order valence-electron chi connectivity index (χ1n) is 15.9. The molecule has 1 amide bonds. The predicted octanol–water partition coefficient (Wildman–Crippen LogP) is 3.88. The average molecular weight is 574 g/mol. The van der Waals surface area contributed by atoms with Gasteiger partial charge < -0.3 is 40.3 Å². The summed E-state index contributed by atoms with van der Waals surface area (Å²) in [5, 5.41) is 53.4. The van der Waals surface area contributed by atoms with Crippen LogP contribution in [-0.4, -0.2) is 87.5 Å².